The molecular weight excluding hydrogens is 290 g/mol. The van der Waals surface area contributed by atoms with Crippen molar-refractivity contribution in [3.63, 3.8) is 0 Å². The molecule has 2 aliphatic heterocycles. The maximum atomic E-state index is 13.1. The van der Waals surface area contributed by atoms with E-state index in [-0.39, 0.29) is 17.9 Å². The summed E-state index contributed by atoms with van der Waals surface area (Å²) < 4.78 is 0. The maximum Gasteiger partial charge on any atom is 0.327 e. The van der Waals surface area contributed by atoms with Crippen LogP contribution < -0.4 is 5.32 Å². The van der Waals surface area contributed by atoms with Gasteiger partial charge in [0.1, 0.15) is 5.54 Å². The van der Waals surface area contributed by atoms with E-state index >= 15 is 0 Å². The van der Waals surface area contributed by atoms with E-state index in [0.717, 1.165) is 18.7 Å². The molecule has 0 bridgehead atoms. The molecule has 0 saturated carbocycles. The van der Waals surface area contributed by atoms with Gasteiger partial charge in [-0.1, -0.05) is 44.2 Å². The minimum Gasteiger partial charge on any atom is -0.317 e. The normalized spacial score (nSPS) is 20.8. The van der Waals surface area contributed by atoms with Crippen LogP contribution in [0.3, 0.4) is 0 Å². The number of benzene rings is 1. The van der Waals surface area contributed by atoms with Crippen LogP contribution in [0.15, 0.2) is 30.3 Å². The summed E-state index contributed by atoms with van der Waals surface area (Å²) in [6.07, 6.45) is 1.39. The second-order valence-corrected chi connectivity index (χ2v) is 6.95. The molecular formula is C18H25N3O2. The molecule has 0 radical (unpaired) electrons. The largest absolute Gasteiger partial charge is 0.327 e. The van der Waals surface area contributed by atoms with Crippen LogP contribution in [-0.4, -0.2) is 46.9 Å². The number of rotatable bonds is 4. The average Bonchev–Trinajstić information content (AvgIpc) is 2.73. The number of carbonyl (C=O) groups excluding carboxylic acids is 2. The standard InChI is InChI=1S/C18H25N3O2/c1-14(2)12-20-16(22)18(8-10-19-11-9-18)21(17(20)23)13-15-6-4-3-5-7-15/h3-7,14,19H,8-13H2,1-2H3. The molecule has 1 spiro atoms. The Morgan fingerprint density at radius 3 is 2.39 bits per heavy atom. The fraction of sp³-hybridized carbons (Fsp3) is 0.556. The third-order valence-corrected chi connectivity index (χ3v) is 4.78. The molecule has 2 saturated heterocycles. The lowest BCUT2D eigenvalue weighted by Crippen LogP contribution is -2.55. The van der Waals surface area contributed by atoms with Gasteiger partial charge in [-0.15, -0.1) is 0 Å². The Bertz CT molecular complexity index is 579. The summed E-state index contributed by atoms with van der Waals surface area (Å²) in [5, 5.41) is 3.30. The van der Waals surface area contributed by atoms with E-state index < -0.39 is 5.54 Å². The Morgan fingerprint density at radius 2 is 1.78 bits per heavy atom. The summed E-state index contributed by atoms with van der Waals surface area (Å²) >= 11 is 0. The van der Waals surface area contributed by atoms with Gasteiger partial charge in [-0.3, -0.25) is 9.69 Å². The summed E-state index contributed by atoms with van der Waals surface area (Å²) in [5.41, 5.74) is 0.408. The van der Waals surface area contributed by atoms with Gasteiger partial charge in [0.15, 0.2) is 0 Å². The van der Waals surface area contributed by atoms with Crippen LogP contribution in [0.4, 0.5) is 4.79 Å². The van der Waals surface area contributed by atoms with Crippen LogP contribution >= 0.6 is 0 Å². The van der Waals surface area contributed by atoms with E-state index in [1.165, 1.54) is 4.90 Å². The summed E-state index contributed by atoms with van der Waals surface area (Å²) in [4.78, 5) is 29.3. The number of urea groups is 1. The van der Waals surface area contributed by atoms with Gasteiger partial charge >= 0.3 is 6.03 Å². The summed E-state index contributed by atoms with van der Waals surface area (Å²) in [6.45, 7) is 6.63. The van der Waals surface area contributed by atoms with E-state index in [1.54, 1.807) is 0 Å². The molecule has 0 atom stereocenters. The molecule has 124 valence electrons. The number of nitrogens with one attached hydrogen (secondary N) is 1. The highest BCUT2D eigenvalue weighted by Crippen LogP contribution is 2.37. The highest BCUT2D eigenvalue weighted by molar-refractivity contribution is 6.07. The van der Waals surface area contributed by atoms with Gasteiger partial charge in [0, 0.05) is 13.1 Å². The highest BCUT2D eigenvalue weighted by Gasteiger charge is 2.56. The first-order valence-corrected chi connectivity index (χ1v) is 8.43. The predicted octanol–water partition coefficient (Wildman–Crippen LogP) is 2.23. The number of hydrogen-bond donors (Lipinski definition) is 1. The lowest BCUT2D eigenvalue weighted by atomic mass is 9.86. The van der Waals surface area contributed by atoms with Crippen molar-refractivity contribution in [3.05, 3.63) is 35.9 Å². The number of piperidine rings is 1. The molecule has 3 rings (SSSR count). The topological polar surface area (TPSA) is 52.7 Å². The second kappa shape index (κ2) is 6.32. The lowest BCUT2D eigenvalue weighted by molar-refractivity contribution is -0.135. The number of nitrogens with zero attached hydrogens (tertiary/aromatic N) is 2. The van der Waals surface area contributed by atoms with Gasteiger partial charge in [0.25, 0.3) is 5.91 Å². The molecule has 2 fully saturated rings. The van der Waals surface area contributed by atoms with Crippen LogP contribution in [0.2, 0.25) is 0 Å². The van der Waals surface area contributed by atoms with Gasteiger partial charge in [-0.25, -0.2) is 4.79 Å². The molecule has 1 aromatic carbocycles. The summed E-state index contributed by atoms with van der Waals surface area (Å²) in [6, 6.07) is 9.80. The molecule has 0 aliphatic carbocycles. The zero-order valence-corrected chi connectivity index (χ0v) is 13.9. The van der Waals surface area contributed by atoms with Crippen molar-refractivity contribution >= 4 is 11.9 Å². The number of amides is 3. The summed E-state index contributed by atoms with van der Waals surface area (Å²) in [5.74, 6) is 0.270. The van der Waals surface area contributed by atoms with E-state index in [0.29, 0.717) is 25.9 Å². The maximum absolute atomic E-state index is 13.1. The van der Waals surface area contributed by atoms with Crippen LogP contribution in [-0.2, 0) is 11.3 Å². The third kappa shape index (κ3) is 2.85. The van der Waals surface area contributed by atoms with Gasteiger partial charge in [-0.05, 0) is 37.4 Å². The smallest absolute Gasteiger partial charge is 0.317 e. The quantitative estimate of drug-likeness (QED) is 0.867. The van der Waals surface area contributed by atoms with Gasteiger partial charge in [-0.2, -0.15) is 0 Å². The molecule has 2 aliphatic rings. The molecule has 2 heterocycles. The first kappa shape index (κ1) is 16.0. The van der Waals surface area contributed by atoms with Crippen molar-refractivity contribution in [1.29, 1.82) is 0 Å². The van der Waals surface area contributed by atoms with E-state index in [2.05, 4.69) is 5.32 Å². The van der Waals surface area contributed by atoms with Gasteiger partial charge in [0.2, 0.25) is 0 Å². The van der Waals surface area contributed by atoms with Crippen molar-refractivity contribution in [2.24, 2.45) is 5.92 Å². The Labute approximate surface area is 137 Å². The van der Waals surface area contributed by atoms with Crippen LogP contribution in [0.5, 0.6) is 0 Å². The first-order chi connectivity index (χ1) is 11.0. The monoisotopic (exact) mass is 315 g/mol. The van der Waals surface area contributed by atoms with Crippen molar-refractivity contribution in [2.75, 3.05) is 19.6 Å². The molecule has 1 N–H and O–H groups in total. The fourth-order valence-electron chi connectivity index (χ4n) is 3.62. The van der Waals surface area contributed by atoms with Crippen molar-refractivity contribution in [2.45, 2.75) is 38.8 Å². The molecule has 3 amide bonds. The average molecular weight is 315 g/mol. The van der Waals surface area contributed by atoms with Crippen LogP contribution in [0.1, 0.15) is 32.3 Å². The van der Waals surface area contributed by atoms with Crippen molar-refractivity contribution < 1.29 is 9.59 Å². The SMILES string of the molecule is CC(C)CN1C(=O)N(Cc2ccccc2)C2(CCNCC2)C1=O. The molecule has 1 aromatic rings. The van der Waals surface area contributed by atoms with E-state index in [9.17, 15) is 9.59 Å². The number of carbonyl (C=O) groups is 2. The summed E-state index contributed by atoms with van der Waals surface area (Å²) in [7, 11) is 0. The molecule has 23 heavy (non-hydrogen) atoms. The minimum absolute atomic E-state index is 0.00590. The Kier molecular flexibility index (Phi) is 4.39. The first-order valence-electron chi connectivity index (χ1n) is 8.43. The highest BCUT2D eigenvalue weighted by atomic mass is 16.2. The molecule has 5 heteroatoms. The zero-order chi connectivity index (χ0) is 16.4. The zero-order valence-electron chi connectivity index (χ0n) is 13.9. The predicted molar refractivity (Wildman–Crippen MR) is 88.8 cm³/mol. The molecule has 5 nitrogen and oxygen atoms in total. The Morgan fingerprint density at radius 1 is 1.13 bits per heavy atom. The van der Waals surface area contributed by atoms with E-state index in [1.807, 2.05) is 49.1 Å². The van der Waals surface area contributed by atoms with E-state index in [4.69, 9.17) is 0 Å². The Balaban J connectivity index is 1.92. The Hall–Kier alpha value is -1.88. The second-order valence-electron chi connectivity index (χ2n) is 6.95. The number of imide groups is 1. The van der Waals surface area contributed by atoms with Gasteiger partial charge < -0.3 is 10.2 Å². The molecule has 0 aromatic heterocycles. The van der Waals surface area contributed by atoms with Crippen LogP contribution in [0, 0.1) is 5.92 Å². The minimum atomic E-state index is -0.660. The number of hydrogen-bond acceptors (Lipinski definition) is 3. The van der Waals surface area contributed by atoms with Crippen LogP contribution in [0.25, 0.3) is 0 Å². The fourth-order valence-corrected chi connectivity index (χ4v) is 3.62. The van der Waals surface area contributed by atoms with Crippen molar-refractivity contribution in [3.8, 4) is 0 Å². The third-order valence-electron chi connectivity index (χ3n) is 4.78. The lowest BCUT2D eigenvalue weighted by Gasteiger charge is -2.38. The van der Waals surface area contributed by atoms with Crippen molar-refractivity contribution in [1.82, 2.24) is 15.1 Å². The molecule has 0 unspecified atom stereocenters. The van der Waals surface area contributed by atoms with Gasteiger partial charge in [0.05, 0.1) is 0 Å².